The molecule has 2 aromatic rings. The summed E-state index contributed by atoms with van der Waals surface area (Å²) >= 11 is 0. The van der Waals surface area contributed by atoms with Crippen LogP contribution in [0, 0.1) is 6.92 Å². The Hall–Kier alpha value is -2.15. The van der Waals surface area contributed by atoms with Gasteiger partial charge in [0.25, 0.3) is 0 Å². The molecule has 0 saturated heterocycles. The predicted molar refractivity (Wildman–Crippen MR) is 82.5 cm³/mol. The first-order valence-electron chi connectivity index (χ1n) is 6.75. The number of rotatable bonds is 6. The molecule has 7 nitrogen and oxygen atoms in total. The normalized spacial score (nSPS) is 10.7. The lowest BCUT2D eigenvalue weighted by Gasteiger charge is -2.20. The van der Waals surface area contributed by atoms with Gasteiger partial charge >= 0.3 is 0 Å². The van der Waals surface area contributed by atoms with Crippen LogP contribution in [0.2, 0.25) is 0 Å². The van der Waals surface area contributed by atoms with Crippen LogP contribution in [0.3, 0.4) is 0 Å². The summed E-state index contributed by atoms with van der Waals surface area (Å²) in [5.41, 5.74) is 2.95. The lowest BCUT2D eigenvalue weighted by molar-refractivity contribution is 0.181. The first-order valence-corrected chi connectivity index (χ1v) is 6.75. The lowest BCUT2D eigenvalue weighted by atomic mass is 10.3. The van der Waals surface area contributed by atoms with Crippen LogP contribution in [-0.2, 0) is 17.9 Å². The monoisotopic (exact) mass is 290 g/mol. The second-order valence-corrected chi connectivity index (χ2v) is 5.24. The summed E-state index contributed by atoms with van der Waals surface area (Å²) in [5, 5.41) is 7.19. The van der Waals surface area contributed by atoms with Gasteiger partial charge in [-0.3, -0.25) is 5.10 Å². The van der Waals surface area contributed by atoms with E-state index >= 15 is 0 Å². The molecule has 0 atom stereocenters. The number of nitrogens with one attached hydrogen (secondary N) is 1. The van der Waals surface area contributed by atoms with E-state index in [1.54, 1.807) is 7.11 Å². The zero-order chi connectivity index (χ0) is 15.4. The van der Waals surface area contributed by atoms with Crippen LogP contribution in [0.1, 0.15) is 17.0 Å². The van der Waals surface area contributed by atoms with Gasteiger partial charge in [0, 0.05) is 40.0 Å². The number of methoxy groups -OCH3 is 1. The minimum Gasteiger partial charge on any atom is -0.378 e. The van der Waals surface area contributed by atoms with E-state index in [4.69, 9.17) is 4.74 Å². The molecule has 1 N–H and O–H groups in total. The van der Waals surface area contributed by atoms with Gasteiger partial charge in [0.2, 0.25) is 5.95 Å². The van der Waals surface area contributed by atoms with Crippen LogP contribution in [0.4, 0.5) is 11.8 Å². The number of aromatic amines is 1. The summed E-state index contributed by atoms with van der Waals surface area (Å²) < 4.78 is 5.06. The lowest BCUT2D eigenvalue weighted by Crippen LogP contribution is -2.21. The Morgan fingerprint density at radius 2 is 2.05 bits per heavy atom. The summed E-state index contributed by atoms with van der Waals surface area (Å²) in [6, 6.07) is 1.99. The van der Waals surface area contributed by atoms with Crippen LogP contribution < -0.4 is 9.80 Å². The number of hydrogen-bond acceptors (Lipinski definition) is 6. The molecule has 0 fully saturated rings. The Morgan fingerprint density at radius 1 is 1.29 bits per heavy atom. The van der Waals surface area contributed by atoms with Crippen molar-refractivity contribution >= 4 is 11.8 Å². The maximum Gasteiger partial charge on any atom is 0.227 e. The van der Waals surface area contributed by atoms with Gasteiger partial charge in [0.15, 0.2) is 0 Å². The molecule has 0 aliphatic heterocycles. The van der Waals surface area contributed by atoms with E-state index < -0.39 is 0 Å². The van der Waals surface area contributed by atoms with Gasteiger partial charge < -0.3 is 14.5 Å². The minimum absolute atomic E-state index is 0.506. The predicted octanol–water partition coefficient (Wildman–Crippen LogP) is 1.36. The van der Waals surface area contributed by atoms with E-state index in [1.807, 2.05) is 50.1 Å². The van der Waals surface area contributed by atoms with E-state index in [-0.39, 0.29) is 0 Å². The van der Waals surface area contributed by atoms with Crippen molar-refractivity contribution in [3.8, 4) is 0 Å². The summed E-state index contributed by atoms with van der Waals surface area (Å²) in [6.45, 7) is 3.17. The molecule has 0 aliphatic carbocycles. The Morgan fingerprint density at radius 3 is 2.71 bits per heavy atom. The smallest absolute Gasteiger partial charge is 0.227 e. The number of hydrogen-bond donors (Lipinski definition) is 1. The van der Waals surface area contributed by atoms with Crippen molar-refractivity contribution in [3.63, 3.8) is 0 Å². The fourth-order valence-corrected chi connectivity index (χ4v) is 2.10. The molecular weight excluding hydrogens is 268 g/mol. The van der Waals surface area contributed by atoms with Crippen molar-refractivity contribution in [2.75, 3.05) is 38.1 Å². The average Bonchev–Trinajstić information content (AvgIpc) is 2.86. The van der Waals surface area contributed by atoms with Crippen molar-refractivity contribution in [3.05, 3.63) is 29.2 Å². The molecule has 0 aliphatic rings. The highest BCUT2D eigenvalue weighted by molar-refractivity contribution is 5.48. The van der Waals surface area contributed by atoms with Crippen LogP contribution >= 0.6 is 0 Å². The topological polar surface area (TPSA) is 70.2 Å². The van der Waals surface area contributed by atoms with E-state index in [2.05, 4.69) is 20.2 Å². The first-order chi connectivity index (χ1) is 10.0. The second-order valence-electron chi connectivity index (χ2n) is 5.24. The average molecular weight is 290 g/mol. The molecule has 0 radical (unpaired) electrons. The molecule has 0 bridgehead atoms. The highest BCUT2D eigenvalue weighted by Gasteiger charge is 2.11. The number of aryl methyl sites for hydroxylation is 1. The molecule has 21 heavy (non-hydrogen) atoms. The highest BCUT2D eigenvalue weighted by Crippen LogP contribution is 2.18. The van der Waals surface area contributed by atoms with Crippen molar-refractivity contribution in [2.24, 2.45) is 0 Å². The van der Waals surface area contributed by atoms with Crippen molar-refractivity contribution in [1.82, 2.24) is 20.2 Å². The van der Waals surface area contributed by atoms with Gasteiger partial charge in [-0.25, -0.2) is 4.98 Å². The summed E-state index contributed by atoms with van der Waals surface area (Å²) in [5.74, 6) is 1.61. The van der Waals surface area contributed by atoms with Crippen molar-refractivity contribution < 1.29 is 4.74 Å². The largest absolute Gasteiger partial charge is 0.378 e. The molecular formula is C14H22N6O. The number of H-pyrrole nitrogens is 1. The minimum atomic E-state index is 0.506. The molecule has 7 heteroatoms. The molecule has 0 amide bonds. The maximum atomic E-state index is 5.06. The maximum absolute atomic E-state index is 5.06. The molecule has 2 heterocycles. The Kier molecular flexibility index (Phi) is 4.74. The quantitative estimate of drug-likeness (QED) is 0.866. The fraction of sp³-hybridized carbons (Fsp3) is 0.500. The standard InChI is InChI=1S/C14H22N6O/c1-10-7-15-14(16-13(10)19(2)3)20(4)8-11-6-12(9-21-5)18-17-11/h6-7H,8-9H2,1-5H3,(H,17,18). The summed E-state index contributed by atoms with van der Waals surface area (Å²) in [7, 11) is 7.57. The van der Waals surface area contributed by atoms with Gasteiger partial charge in [-0.05, 0) is 13.0 Å². The first kappa shape index (κ1) is 15.2. The van der Waals surface area contributed by atoms with Gasteiger partial charge in [0.05, 0.1) is 24.5 Å². The summed E-state index contributed by atoms with van der Waals surface area (Å²) in [4.78, 5) is 13.0. The van der Waals surface area contributed by atoms with Crippen LogP contribution in [0.15, 0.2) is 12.3 Å². The van der Waals surface area contributed by atoms with Crippen LogP contribution in [0.25, 0.3) is 0 Å². The molecule has 114 valence electrons. The second kappa shape index (κ2) is 6.53. The van der Waals surface area contributed by atoms with Crippen molar-refractivity contribution in [1.29, 1.82) is 0 Å². The van der Waals surface area contributed by atoms with Crippen LogP contribution in [-0.4, -0.2) is 48.4 Å². The van der Waals surface area contributed by atoms with E-state index in [0.717, 1.165) is 22.8 Å². The third-order valence-corrected chi connectivity index (χ3v) is 3.08. The van der Waals surface area contributed by atoms with Gasteiger partial charge in [-0.1, -0.05) is 0 Å². The number of ether oxygens (including phenoxy) is 1. The molecule has 2 aromatic heterocycles. The van der Waals surface area contributed by atoms with E-state index in [1.165, 1.54) is 0 Å². The molecule has 0 spiro atoms. The van der Waals surface area contributed by atoms with Gasteiger partial charge in [0.1, 0.15) is 5.82 Å². The van der Waals surface area contributed by atoms with E-state index in [9.17, 15) is 0 Å². The Balaban J connectivity index is 2.12. The number of anilines is 2. The van der Waals surface area contributed by atoms with Crippen molar-refractivity contribution in [2.45, 2.75) is 20.1 Å². The number of aromatic nitrogens is 4. The SMILES string of the molecule is COCc1cc(CN(C)c2ncc(C)c(N(C)C)n2)[nH]n1. The molecule has 0 unspecified atom stereocenters. The van der Waals surface area contributed by atoms with Gasteiger partial charge in [-0.2, -0.15) is 10.1 Å². The third-order valence-electron chi connectivity index (χ3n) is 3.08. The fourth-order valence-electron chi connectivity index (χ4n) is 2.10. The third kappa shape index (κ3) is 3.69. The molecule has 0 aromatic carbocycles. The number of nitrogens with zero attached hydrogens (tertiary/aromatic N) is 5. The highest BCUT2D eigenvalue weighted by atomic mass is 16.5. The molecule has 0 saturated carbocycles. The van der Waals surface area contributed by atoms with Gasteiger partial charge in [-0.15, -0.1) is 0 Å². The van der Waals surface area contributed by atoms with E-state index in [0.29, 0.717) is 19.1 Å². The molecule has 2 rings (SSSR count). The Bertz CT molecular complexity index is 595. The zero-order valence-corrected chi connectivity index (χ0v) is 13.2. The van der Waals surface area contributed by atoms with Crippen LogP contribution in [0.5, 0.6) is 0 Å². The zero-order valence-electron chi connectivity index (χ0n) is 13.2. The Labute approximate surface area is 125 Å². The summed E-state index contributed by atoms with van der Waals surface area (Å²) in [6.07, 6.45) is 1.84.